The first kappa shape index (κ1) is 6.84. The van der Waals surface area contributed by atoms with E-state index in [-0.39, 0.29) is 0 Å². The molecule has 0 radical (unpaired) electrons. The van der Waals surface area contributed by atoms with Gasteiger partial charge in [-0.25, -0.2) is 4.99 Å². The minimum absolute atomic E-state index is 0.612. The van der Waals surface area contributed by atoms with Gasteiger partial charge in [0.1, 0.15) is 5.69 Å². The number of anilines is 1. The molecule has 0 unspecified atom stereocenters. The molecule has 1 aromatic heterocycles. The molecule has 1 aliphatic rings. The van der Waals surface area contributed by atoms with Crippen molar-refractivity contribution in [1.29, 1.82) is 0 Å². The first-order valence-corrected chi connectivity index (χ1v) is 3.51. The predicted molar refractivity (Wildman–Crippen MR) is 49.0 cm³/mol. The second kappa shape index (κ2) is 2.34. The number of aromatic nitrogens is 1. The Labute approximate surface area is 69.8 Å². The van der Waals surface area contributed by atoms with Gasteiger partial charge < -0.3 is 11.1 Å². The van der Waals surface area contributed by atoms with Gasteiger partial charge in [0.15, 0.2) is 0 Å². The molecule has 0 bridgehead atoms. The molecule has 1 aliphatic heterocycles. The molecule has 0 saturated heterocycles. The highest BCUT2D eigenvalue weighted by molar-refractivity contribution is 5.85. The van der Waals surface area contributed by atoms with Crippen molar-refractivity contribution in [3.63, 3.8) is 0 Å². The zero-order valence-corrected chi connectivity index (χ0v) is 6.41. The van der Waals surface area contributed by atoms with Gasteiger partial charge in [-0.2, -0.15) is 0 Å². The number of hydrogen-bond acceptors (Lipinski definition) is 4. The van der Waals surface area contributed by atoms with E-state index in [1.165, 1.54) is 0 Å². The summed E-state index contributed by atoms with van der Waals surface area (Å²) in [6.07, 6.45) is 3.16. The average Bonchev–Trinajstić information content (AvgIpc) is 2.04. The van der Waals surface area contributed by atoms with Gasteiger partial charge >= 0.3 is 0 Å². The molecular weight excluding hydrogens is 152 g/mol. The molecular formula is C8H8N4. The molecule has 4 heteroatoms. The number of aliphatic imine (C=N–C) groups is 1. The molecule has 0 saturated carbocycles. The van der Waals surface area contributed by atoms with Gasteiger partial charge in [-0.3, -0.25) is 4.98 Å². The number of hydrogen-bond donors (Lipinski definition) is 2. The van der Waals surface area contributed by atoms with Crippen LogP contribution in [0.5, 0.6) is 0 Å². The third-order valence-electron chi connectivity index (χ3n) is 1.62. The predicted octanol–water partition coefficient (Wildman–Crippen LogP) is 0.897. The lowest BCUT2D eigenvalue weighted by Gasteiger charge is -2.12. The summed E-state index contributed by atoms with van der Waals surface area (Å²) in [6.45, 7) is 3.78. The quantitative estimate of drug-likeness (QED) is 0.592. The van der Waals surface area contributed by atoms with E-state index < -0.39 is 0 Å². The van der Waals surface area contributed by atoms with E-state index >= 15 is 0 Å². The van der Waals surface area contributed by atoms with Crippen LogP contribution < -0.4 is 11.1 Å². The summed E-state index contributed by atoms with van der Waals surface area (Å²) in [6, 6.07) is 1.77. The third kappa shape index (κ3) is 0.934. The molecule has 0 spiro atoms. The summed E-state index contributed by atoms with van der Waals surface area (Å²) in [5.74, 6) is 0. The molecule has 12 heavy (non-hydrogen) atoms. The van der Waals surface area contributed by atoms with Crippen LogP contribution >= 0.6 is 0 Å². The Hall–Kier alpha value is -1.84. The number of nitrogens with one attached hydrogen (secondary N) is 1. The largest absolute Gasteiger partial charge is 0.397 e. The van der Waals surface area contributed by atoms with Gasteiger partial charge in [-0.05, 0) is 6.07 Å². The second-order valence-corrected chi connectivity index (χ2v) is 2.52. The van der Waals surface area contributed by atoms with Gasteiger partial charge in [0, 0.05) is 0 Å². The van der Waals surface area contributed by atoms with Crippen LogP contribution in [0.3, 0.4) is 0 Å². The van der Waals surface area contributed by atoms with E-state index in [0.29, 0.717) is 5.69 Å². The SMILES string of the molecule is C=C1NC=Nc2cc(N)cnc21. The molecule has 4 nitrogen and oxygen atoms in total. The maximum absolute atomic E-state index is 5.54. The molecule has 1 aromatic rings. The minimum atomic E-state index is 0.612. The number of nitrogen functional groups attached to an aromatic ring is 1. The van der Waals surface area contributed by atoms with Crippen LogP contribution in [-0.4, -0.2) is 11.3 Å². The molecule has 0 aromatic carbocycles. The third-order valence-corrected chi connectivity index (χ3v) is 1.62. The maximum atomic E-state index is 5.54. The lowest BCUT2D eigenvalue weighted by Crippen LogP contribution is -2.13. The summed E-state index contributed by atoms with van der Waals surface area (Å²) in [7, 11) is 0. The highest BCUT2D eigenvalue weighted by Crippen LogP contribution is 2.25. The highest BCUT2D eigenvalue weighted by Gasteiger charge is 2.09. The molecule has 2 rings (SSSR count). The van der Waals surface area contributed by atoms with Crippen molar-refractivity contribution in [3.8, 4) is 0 Å². The lowest BCUT2D eigenvalue weighted by molar-refractivity contribution is 1.17. The second-order valence-electron chi connectivity index (χ2n) is 2.52. The van der Waals surface area contributed by atoms with Gasteiger partial charge in [0.25, 0.3) is 0 Å². The zero-order valence-electron chi connectivity index (χ0n) is 6.41. The molecule has 2 heterocycles. The van der Waals surface area contributed by atoms with Crippen LogP contribution in [0.2, 0.25) is 0 Å². The van der Waals surface area contributed by atoms with Gasteiger partial charge in [0.05, 0.1) is 29.6 Å². The van der Waals surface area contributed by atoms with Crippen molar-refractivity contribution in [2.45, 2.75) is 0 Å². The topological polar surface area (TPSA) is 63.3 Å². The van der Waals surface area contributed by atoms with Crippen molar-refractivity contribution < 1.29 is 0 Å². The van der Waals surface area contributed by atoms with Gasteiger partial charge in [-0.1, -0.05) is 6.58 Å². The van der Waals surface area contributed by atoms with Crippen molar-refractivity contribution in [3.05, 3.63) is 24.5 Å². The van der Waals surface area contributed by atoms with Crippen molar-refractivity contribution >= 4 is 23.4 Å². The number of nitrogens with two attached hydrogens (primary N) is 1. The van der Waals surface area contributed by atoms with E-state index in [9.17, 15) is 0 Å². The Balaban J connectivity index is 2.62. The summed E-state index contributed by atoms with van der Waals surface area (Å²) < 4.78 is 0. The monoisotopic (exact) mass is 160 g/mol. The summed E-state index contributed by atoms with van der Waals surface area (Å²) in [5, 5.41) is 2.87. The molecule has 0 fully saturated rings. The summed E-state index contributed by atoms with van der Waals surface area (Å²) in [5.41, 5.74) is 8.42. The van der Waals surface area contributed by atoms with Crippen LogP contribution in [-0.2, 0) is 0 Å². The molecule has 3 N–H and O–H groups in total. The molecule has 60 valence electrons. The van der Waals surface area contributed by atoms with E-state index in [4.69, 9.17) is 5.73 Å². The fourth-order valence-corrected chi connectivity index (χ4v) is 1.05. The van der Waals surface area contributed by atoms with Crippen LogP contribution in [0, 0.1) is 0 Å². The minimum Gasteiger partial charge on any atom is -0.397 e. The smallest absolute Gasteiger partial charge is 0.112 e. The first-order valence-electron chi connectivity index (χ1n) is 3.51. The standard InChI is InChI=1S/C8H8N4/c1-5-8-7(12-4-11-5)2-6(9)3-10-8/h2-4H,1,9H2,(H,11,12). The molecule has 0 aliphatic carbocycles. The van der Waals surface area contributed by atoms with Crippen LogP contribution in [0.25, 0.3) is 5.70 Å². The number of pyridine rings is 1. The Morgan fingerprint density at radius 3 is 3.17 bits per heavy atom. The Morgan fingerprint density at radius 1 is 1.50 bits per heavy atom. The fraction of sp³-hybridized carbons (Fsp3) is 0. The van der Waals surface area contributed by atoms with E-state index in [1.54, 1.807) is 18.6 Å². The number of fused-ring (bicyclic) bond motifs is 1. The van der Waals surface area contributed by atoms with Crippen LogP contribution in [0.15, 0.2) is 23.8 Å². The van der Waals surface area contributed by atoms with E-state index in [0.717, 1.165) is 17.1 Å². The average molecular weight is 160 g/mol. The summed E-state index contributed by atoms with van der Waals surface area (Å²) >= 11 is 0. The normalized spacial score (nSPS) is 13.8. The Bertz CT molecular complexity index is 367. The zero-order chi connectivity index (χ0) is 8.55. The van der Waals surface area contributed by atoms with Crippen LogP contribution in [0.4, 0.5) is 11.4 Å². The van der Waals surface area contributed by atoms with E-state index in [2.05, 4.69) is 21.9 Å². The molecule has 0 atom stereocenters. The fourth-order valence-electron chi connectivity index (χ4n) is 1.05. The van der Waals surface area contributed by atoms with Gasteiger partial charge in [0.2, 0.25) is 0 Å². The number of nitrogens with zero attached hydrogens (tertiary/aromatic N) is 2. The Kier molecular flexibility index (Phi) is 1.33. The number of rotatable bonds is 0. The highest BCUT2D eigenvalue weighted by atomic mass is 15.0. The lowest BCUT2D eigenvalue weighted by atomic mass is 10.2. The van der Waals surface area contributed by atoms with Crippen molar-refractivity contribution in [2.75, 3.05) is 5.73 Å². The maximum Gasteiger partial charge on any atom is 0.112 e. The summed E-state index contributed by atoms with van der Waals surface area (Å²) in [4.78, 5) is 8.16. The first-order chi connectivity index (χ1) is 5.77. The Morgan fingerprint density at radius 2 is 2.33 bits per heavy atom. The van der Waals surface area contributed by atoms with E-state index in [1.807, 2.05) is 0 Å². The van der Waals surface area contributed by atoms with Gasteiger partial charge in [-0.15, -0.1) is 0 Å². The van der Waals surface area contributed by atoms with Crippen LogP contribution in [0.1, 0.15) is 5.69 Å². The van der Waals surface area contributed by atoms with Crippen molar-refractivity contribution in [2.24, 2.45) is 4.99 Å². The van der Waals surface area contributed by atoms with Crippen molar-refractivity contribution in [1.82, 2.24) is 10.3 Å². The molecule has 0 amide bonds.